The molecule has 0 aliphatic carbocycles. The Morgan fingerprint density at radius 3 is 2.74 bits per heavy atom. The van der Waals surface area contributed by atoms with Crippen LogP contribution in [0.5, 0.6) is 0 Å². The molecular weight excluding hydrogens is 396 g/mol. The Kier molecular flexibility index (Phi) is 4.56. The quantitative estimate of drug-likeness (QED) is 0.455. The molecule has 3 aromatic heterocycles. The van der Waals surface area contributed by atoms with Gasteiger partial charge in [0.05, 0.1) is 36.6 Å². The van der Waals surface area contributed by atoms with Crippen LogP contribution in [-0.4, -0.2) is 40.6 Å². The SMILES string of the molecule is O=C(Nc1ccccc1-n1ncc2c(=O)[nH]cnc21)c1cn(Cc2ccccc2)nn1. The van der Waals surface area contributed by atoms with Crippen molar-refractivity contribution in [2.45, 2.75) is 6.54 Å². The van der Waals surface area contributed by atoms with Gasteiger partial charge in [0.1, 0.15) is 5.39 Å². The molecular formula is C21H16N8O2. The molecule has 2 N–H and O–H groups in total. The number of nitrogens with zero attached hydrogens (tertiary/aromatic N) is 6. The maximum atomic E-state index is 12.8. The topological polar surface area (TPSA) is 123 Å². The molecule has 1 amide bonds. The Balaban J connectivity index is 1.42. The van der Waals surface area contributed by atoms with Crippen molar-refractivity contribution in [2.24, 2.45) is 0 Å². The Morgan fingerprint density at radius 2 is 1.87 bits per heavy atom. The Labute approximate surface area is 175 Å². The normalized spacial score (nSPS) is 11.0. The molecule has 0 spiro atoms. The van der Waals surface area contributed by atoms with E-state index in [1.54, 1.807) is 29.1 Å². The van der Waals surface area contributed by atoms with Gasteiger partial charge in [-0.2, -0.15) is 5.10 Å². The van der Waals surface area contributed by atoms with E-state index in [2.05, 4.69) is 30.7 Å². The molecule has 0 bridgehead atoms. The first kappa shape index (κ1) is 18.4. The van der Waals surface area contributed by atoms with E-state index in [9.17, 15) is 9.59 Å². The van der Waals surface area contributed by atoms with Gasteiger partial charge in [-0.15, -0.1) is 5.10 Å². The van der Waals surface area contributed by atoms with Crippen molar-refractivity contribution in [3.8, 4) is 5.69 Å². The Bertz CT molecular complexity index is 1430. The van der Waals surface area contributed by atoms with E-state index in [1.807, 2.05) is 36.4 Å². The van der Waals surface area contributed by atoms with Gasteiger partial charge < -0.3 is 10.3 Å². The van der Waals surface area contributed by atoms with Crippen LogP contribution in [0.25, 0.3) is 16.7 Å². The molecule has 0 saturated carbocycles. The second-order valence-corrected chi connectivity index (χ2v) is 6.78. The van der Waals surface area contributed by atoms with E-state index in [-0.39, 0.29) is 11.3 Å². The van der Waals surface area contributed by atoms with Gasteiger partial charge in [0, 0.05) is 0 Å². The first-order chi connectivity index (χ1) is 15.2. The molecule has 5 rings (SSSR count). The zero-order chi connectivity index (χ0) is 21.2. The van der Waals surface area contributed by atoms with E-state index in [0.29, 0.717) is 29.0 Å². The summed E-state index contributed by atoms with van der Waals surface area (Å²) < 4.78 is 3.11. The predicted molar refractivity (Wildman–Crippen MR) is 113 cm³/mol. The van der Waals surface area contributed by atoms with Gasteiger partial charge in [-0.1, -0.05) is 47.7 Å². The molecule has 10 heteroatoms. The zero-order valence-electron chi connectivity index (χ0n) is 16.1. The molecule has 31 heavy (non-hydrogen) atoms. The summed E-state index contributed by atoms with van der Waals surface area (Å²) in [5.41, 5.74) is 2.41. The lowest BCUT2D eigenvalue weighted by atomic mass is 10.2. The van der Waals surface area contributed by atoms with Crippen molar-refractivity contribution in [3.63, 3.8) is 0 Å². The molecule has 152 valence electrons. The molecule has 0 radical (unpaired) electrons. The number of para-hydroxylation sites is 2. The van der Waals surface area contributed by atoms with Gasteiger partial charge in [-0.3, -0.25) is 9.59 Å². The third-order valence-electron chi connectivity index (χ3n) is 4.71. The number of amides is 1. The van der Waals surface area contributed by atoms with Crippen molar-refractivity contribution in [1.29, 1.82) is 0 Å². The average molecular weight is 412 g/mol. The number of aromatic amines is 1. The molecule has 0 atom stereocenters. The van der Waals surface area contributed by atoms with Crippen LogP contribution in [0.4, 0.5) is 5.69 Å². The van der Waals surface area contributed by atoms with Crippen LogP contribution in [0, 0.1) is 0 Å². The van der Waals surface area contributed by atoms with E-state index in [1.165, 1.54) is 17.2 Å². The van der Waals surface area contributed by atoms with Gasteiger partial charge in [0.25, 0.3) is 11.5 Å². The number of nitrogens with one attached hydrogen (secondary N) is 2. The molecule has 10 nitrogen and oxygen atoms in total. The molecule has 2 aromatic carbocycles. The fraction of sp³-hybridized carbons (Fsp3) is 0.0476. The number of carbonyl (C=O) groups is 1. The van der Waals surface area contributed by atoms with Crippen LogP contribution in [0.15, 0.2) is 78.1 Å². The van der Waals surface area contributed by atoms with Crippen LogP contribution in [-0.2, 0) is 6.54 Å². The van der Waals surface area contributed by atoms with Crippen molar-refractivity contribution < 1.29 is 4.79 Å². The van der Waals surface area contributed by atoms with Crippen LogP contribution < -0.4 is 10.9 Å². The van der Waals surface area contributed by atoms with Crippen molar-refractivity contribution in [3.05, 3.63) is 94.9 Å². The maximum absolute atomic E-state index is 12.8. The summed E-state index contributed by atoms with van der Waals surface area (Å²) >= 11 is 0. The van der Waals surface area contributed by atoms with Crippen LogP contribution in [0.3, 0.4) is 0 Å². The van der Waals surface area contributed by atoms with Gasteiger partial charge >= 0.3 is 0 Å². The van der Waals surface area contributed by atoms with Crippen molar-refractivity contribution in [1.82, 2.24) is 34.7 Å². The molecule has 0 fully saturated rings. The number of hydrogen-bond acceptors (Lipinski definition) is 6. The monoisotopic (exact) mass is 412 g/mol. The number of benzene rings is 2. The molecule has 3 heterocycles. The summed E-state index contributed by atoms with van der Waals surface area (Å²) in [4.78, 5) is 31.5. The fourth-order valence-corrected chi connectivity index (χ4v) is 3.23. The summed E-state index contributed by atoms with van der Waals surface area (Å²) in [7, 11) is 0. The number of fused-ring (bicyclic) bond motifs is 1. The van der Waals surface area contributed by atoms with Gasteiger partial charge in [-0.25, -0.2) is 14.3 Å². The van der Waals surface area contributed by atoms with Gasteiger partial charge in [0.15, 0.2) is 11.3 Å². The highest BCUT2D eigenvalue weighted by atomic mass is 16.2. The number of rotatable bonds is 5. The lowest BCUT2D eigenvalue weighted by Gasteiger charge is -2.10. The maximum Gasteiger partial charge on any atom is 0.277 e. The lowest BCUT2D eigenvalue weighted by molar-refractivity contribution is 0.102. The van der Waals surface area contributed by atoms with E-state index in [4.69, 9.17) is 0 Å². The third-order valence-corrected chi connectivity index (χ3v) is 4.71. The molecule has 0 aliphatic heterocycles. The van der Waals surface area contributed by atoms with Crippen LogP contribution in [0.1, 0.15) is 16.1 Å². The Morgan fingerprint density at radius 1 is 1.06 bits per heavy atom. The summed E-state index contributed by atoms with van der Waals surface area (Å²) in [6.07, 6.45) is 4.35. The van der Waals surface area contributed by atoms with E-state index < -0.39 is 5.91 Å². The summed E-state index contributed by atoms with van der Waals surface area (Å²) in [6.45, 7) is 0.511. The van der Waals surface area contributed by atoms with Gasteiger partial charge in [-0.05, 0) is 17.7 Å². The van der Waals surface area contributed by atoms with E-state index >= 15 is 0 Å². The fourth-order valence-electron chi connectivity index (χ4n) is 3.23. The second kappa shape index (κ2) is 7.67. The Hall–Kier alpha value is -4.60. The highest BCUT2D eigenvalue weighted by Gasteiger charge is 2.16. The minimum atomic E-state index is -0.408. The summed E-state index contributed by atoms with van der Waals surface area (Å²) in [6, 6.07) is 16.9. The van der Waals surface area contributed by atoms with Crippen molar-refractivity contribution in [2.75, 3.05) is 5.32 Å². The minimum absolute atomic E-state index is 0.186. The van der Waals surface area contributed by atoms with Crippen LogP contribution in [0.2, 0.25) is 0 Å². The summed E-state index contributed by atoms with van der Waals surface area (Å²) in [5, 5.41) is 15.5. The number of H-pyrrole nitrogens is 1. The highest BCUT2D eigenvalue weighted by Crippen LogP contribution is 2.22. The average Bonchev–Trinajstić information content (AvgIpc) is 3.43. The second-order valence-electron chi connectivity index (χ2n) is 6.78. The number of anilines is 1. The third kappa shape index (κ3) is 3.57. The number of carbonyl (C=O) groups excluding carboxylic acids is 1. The minimum Gasteiger partial charge on any atom is -0.319 e. The first-order valence-corrected chi connectivity index (χ1v) is 9.45. The predicted octanol–water partition coefficient (Wildman–Crippen LogP) is 2.00. The largest absolute Gasteiger partial charge is 0.319 e. The standard InChI is InChI=1S/C21H16N8O2/c30-20-15-10-24-29(19(15)22-13-23-20)18-9-5-4-8-16(18)25-21(31)17-12-28(27-26-17)11-14-6-2-1-3-7-14/h1-10,12-13H,11H2,(H,25,31)(H,22,23,30). The smallest absolute Gasteiger partial charge is 0.277 e. The summed E-state index contributed by atoms with van der Waals surface area (Å²) in [5.74, 6) is -0.408. The molecule has 5 aromatic rings. The number of aromatic nitrogens is 7. The first-order valence-electron chi connectivity index (χ1n) is 9.45. The van der Waals surface area contributed by atoms with Crippen LogP contribution >= 0.6 is 0 Å². The molecule has 0 saturated heterocycles. The molecule has 0 unspecified atom stereocenters. The number of hydrogen-bond donors (Lipinski definition) is 2. The highest BCUT2D eigenvalue weighted by molar-refractivity contribution is 6.03. The van der Waals surface area contributed by atoms with Crippen molar-refractivity contribution >= 4 is 22.6 Å². The zero-order valence-corrected chi connectivity index (χ0v) is 16.1. The van der Waals surface area contributed by atoms with Gasteiger partial charge in [0.2, 0.25) is 0 Å². The molecule has 0 aliphatic rings. The lowest BCUT2D eigenvalue weighted by Crippen LogP contribution is -2.15. The van der Waals surface area contributed by atoms with E-state index in [0.717, 1.165) is 5.56 Å².